The predicted octanol–water partition coefficient (Wildman–Crippen LogP) is 2.39. The Bertz CT molecular complexity index is 996. The number of thioether (sulfide) groups is 1. The van der Waals surface area contributed by atoms with Gasteiger partial charge in [0, 0.05) is 13.0 Å². The molecule has 10 nitrogen and oxygen atoms in total. The Hall–Kier alpha value is -2.38. The van der Waals surface area contributed by atoms with Crippen molar-refractivity contribution in [2.24, 2.45) is 0 Å². The van der Waals surface area contributed by atoms with Crippen molar-refractivity contribution in [3.05, 3.63) is 24.3 Å². The van der Waals surface area contributed by atoms with Crippen molar-refractivity contribution in [1.82, 2.24) is 10.2 Å². The molecule has 0 bridgehead atoms. The van der Waals surface area contributed by atoms with E-state index in [4.69, 9.17) is 4.74 Å². The number of sulfonamides is 1. The van der Waals surface area contributed by atoms with Gasteiger partial charge in [-0.1, -0.05) is 35.2 Å². The summed E-state index contributed by atoms with van der Waals surface area (Å²) < 4.78 is 36.5. The van der Waals surface area contributed by atoms with Crippen LogP contribution in [0, 0.1) is 0 Å². The van der Waals surface area contributed by atoms with E-state index in [0.29, 0.717) is 33.9 Å². The smallest absolute Gasteiger partial charge is 0.316 e. The molecule has 0 aliphatic heterocycles. The number of hydrogen-bond acceptors (Lipinski definition) is 10. The normalized spacial score (nSPS) is 11.1. The number of carbonyl (C=O) groups is 2. The molecular formula is C18H24N4O6S3. The number of aromatic nitrogens is 2. The predicted molar refractivity (Wildman–Crippen MR) is 120 cm³/mol. The highest BCUT2D eigenvalue weighted by Gasteiger charge is 2.21. The fraction of sp³-hybridized carbons (Fsp3) is 0.444. The summed E-state index contributed by atoms with van der Waals surface area (Å²) in [7, 11) is -2.27. The maximum atomic E-state index is 12.3. The first-order valence-electron chi connectivity index (χ1n) is 9.27. The minimum Gasteiger partial charge on any atom is -0.492 e. The molecule has 0 saturated carbocycles. The average Bonchev–Trinajstić information content (AvgIpc) is 3.16. The number of carbonyl (C=O) groups excluding carboxylic acids is 2. The lowest BCUT2D eigenvalue weighted by molar-refractivity contribution is -0.137. The molecule has 0 fully saturated rings. The molecule has 1 amide bonds. The molecule has 2 aromatic rings. The van der Waals surface area contributed by atoms with Gasteiger partial charge in [-0.2, -0.15) is 0 Å². The zero-order chi connectivity index (χ0) is 22.9. The highest BCUT2D eigenvalue weighted by atomic mass is 32.2. The molecule has 31 heavy (non-hydrogen) atoms. The van der Waals surface area contributed by atoms with Crippen molar-refractivity contribution < 1.29 is 27.5 Å². The monoisotopic (exact) mass is 488 g/mol. The summed E-state index contributed by atoms with van der Waals surface area (Å²) in [5, 5.41) is 10.7. The van der Waals surface area contributed by atoms with Crippen LogP contribution in [0.3, 0.4) is 0 Å². The van der Waals surface area contributed by atoms with Gasteiger partial charge in [0.05, 0.1) is 31.4 Å². The fourth-order valence-electron chi connectivity index (χ4n) is 2.47. The van der Waals surface area contributed by atoms with Crippen LogP contribution in [-0.2, 0) is 24.3 Å². The number of methoxy groups -OCH3 is 1. The topological polar surface area (TPSA) is 128 Å². The second-order valence-electron chi connectivity index (χ2n) is 6.13. The van der Waals surface area contributed by atoms with Crippen molar-refractivity contribution in [2.45, 2.75) is 24.1 Å². The molecule has 0 radical (unpaired) electrons. The Morgan fingerprint density at radius 3 is 2.68 bits per heavy atom. The van der Waals surface area contributed by atoms with Gasteiger partial charge < -0.3 is 14.8 Å². The standard InChI is InChI=1S/C18H24N4O6S3/c1-4-28-14-9-6-5-8-13(14)22(31(3,25)26)11-7-10-15(23)19-17-20-21-18(30-17)29-12-16(24)27-2/h5-6,8-9H,4,7,10-12H2,1-3H3,(H,19,20,23). The van der Waals surface area contributed by atoms with Gasteiger partial charge >= 0.3 is 5.97 Å². The van der Waals surface area contributed by atoms with E-state index in [1.165, 1.54) is 11.4 Å². The summed E-state index contributed by atoms with van der Waals surface area (Å²) in [5.41, 5.74) is 0.434. The number of hydrogen-bond donors (Lipinski definition) is 1. The van der Waals surface area contributed by atoms with E-state index in [2.05, 4.69) is 20.3 Å². The van der Waals surface area contributed by atoms with Crippen LogP contribution in [0.15, 0.2) is 28.6 Å². The van der Waals surface area contributed by atoms with E-state index in [9.17, 15) is 18.0 Å². The number of benzene rings is 1. The van der Waals surface area contributed by atoms with Crippen LogP contribution in [0.4, 0.5) is 10.8 Å². The zero-order valence-corrected chi connectivity index (χ0v) is 19.8. The maximum absolute atomic E-state index is 12.3. The highest BCUT2D eigenvalue weighted by Crippen LogP contribution is 2.30. The molecule has 0 saturated heterocycles. The SMILES string of the molecule is CCOc1ccccc1N(CCCC(=O)Nc1nnc(SCC(=O)OC)s1)S(C)(=O)=O. The number of esters is 1. The summed E-state index contributed by atoms with van der Waals surface area (Å²) in [6.45, 7) is 2.34. The quantitative estimate of drug-likeness (QED) is 0.272. The number of ether oxygens (including phenoxy) is 2. The molecule has 13 heteroatoms. The number of para-hydroxylation sites is 2. The molecule has 1 aromatic carbocycles. The average molecular weight is 489 g/mol. The van der Waals surface area contributed by atoms with Crippen LogP contribution in [-0.4, -0.2) is 62.8 Å². The van der Waals surface area contributed by atoms with Gasteiger partial charge in [0.2, 0.25) is 21.1 Å². The number of nitrogens with one attached hydrogen (secondary N) is 1. The largest absolute Gasteiger partial charge is 0.492 e. The summed E-state index contributed by atoms with van der Waals surface area (Å²) >= 11 is 2.30. The van der Waals surface area contributed by atoms with Crippen LogP contribution < -0.4 is 14.4 Å². The summed E-state index contributed by atoms with van der Waals surface area (Å²) in [6.07, 6.45) is 1.50. The Kier molecular flexibility index (Phi) is 9.52. The third-order valence-corrected chi connectivity index (χ3v) is 6.92. The molecule has 1 N–H and O–H groups in total. The molecule has 1 heterocycles. The molecule has 170 valence electrons. The first kappa shape index (κ1) is 24.9. The fourth-order valence-corrected chi connectivity index (χ4v) is 5.04. The lowest BCUT2D eigenvalue weighted by Crippen LogP contribution is -2.31. The van der Waals surface area contributed by atoms with Crippen LogP contribution in [0.1, 0.15) is 19.8 Å². The van der Waals surface area contributed by atoms with E-state index >= 15 is 0 Å². The highest BCUT2D eigenvalue weighted by molar-refractivity contribution is 8.01. The van der Waals surface area contributed by atoms with Crippen LogP contribution >= 0.6 is 23.1 Å². The molecule has 0 aliphatic carbocycles. The maximum Gasteiger partial charge on any atom is 0.316 e. The van der Waals surface area contributed by atoms with E-state index in [1.807, 2.05) is 6.92 Å². The first-order chi connectivity index (χ1) is 14.7. The van der Waals surface area contributed by atoms with Gasteiger partial charge in [-0.05, 0) is 25.5 Å². The molecular weight excluding hydrogens is 464 g/mol. The van der Waals surface area contributed by atoms with Gasteiger partial charge in [-0.3, -0.25) is 13.9 Å². The lowest BCUT2D eigenvalue weighted by Gasteiger charge is -2.24. The van der Waals surface area contributed by atoms with Crippen LogP contribution in [0.2, 0.25) is 0 Å². The van der Waals surface area contributed by atoms with E-state index < -0.39 is 10.0 Å². The number of nitrogens with zero attached hydrogens (tertiary/aromatic N) is 3. The number of anilines is 2. The Labute approximate surface area is 189 Å². The molecule has 0 atom stereocenters. The first-order valence-corrected chi connectivity index (χ1v) is 12.9. The molecule has 2 rings (SSSR count). The van der Waals surface area contributed by atoms with Gasteiger partial charge in [0.15, 0.2) is 4.34 Å². The van der Waals surface area contributed by atoms with Gasteiger partial charge in [-0.15, -0.1) is 10.2 Å². The van der Waals surface area contributed by atoms with Crippen molar-refractivity contribution >= 4 is 55.8 Å². The Balaban J connectivity index is 1.92. The van der Waals surface area contributed by atoms with Crippen molar-refractivity contribution in [2.75, 3.05) is 41.9 Å². The minimum absolute atomic E-state index is 0.0903. The van der Waals surface area contributed by atoms with E-state index in [-0.39, 0.29) is 30.6 Å². The zero-order valence-electron chi connectivity index (χ0n) is 17.4. The van der Waals surface area contributed by atoms with Crippen LogP contribution in [0.25, 0.3) is 0 Å². The van der Waals surface area contributed by atoms with Crippen molar-refractivity contribution in [3.8, 4) is 5.75 Å². The second kappa shape index (κ2) is 11.9. The van der Waals surface area contributed by atoms with E-state index in [1.54, 1.807) is 24.3 Å². The van der Waals surface area contributed by atoms with Gasteiger partial charge in [-0.25, -0.2) is 8.42 Å². The summed E-state index contributed by atoms with van der Waals surface area (Å²) in [5.74, 6) is -0.131. The molecule has 0 spiro atoms. The third kappa shape index (κ3) is 7.99. The molecule has 0 unspecified atom stereocenters. The minimum atomic E-state index is -3.57. The van der Waals surface area contributed by atoms with Crippen LogP contribution in [0.5, 0.6) is 5.75 Å². The van der Waals surface area contributed by atoms with Gasteiger partial charge in [0.1, 0.15) is 5.75 Å². The van der Waals surface area contributed by atoms with Crippen molar-refractivity contribution in [3.63, 3.8) is 0 Å². The Morgan fingerprint density at radius 2 is 2.00 bits per heavy atom. The Morgan fingerprint density at radius 1 is 1.26 bits per heavy atom. The number of amides is 1. The second-order valence-corrected chi connectivity index (χ2v) is 10.2. The molecule has 1 aromatic heterocycles. The lowest BCUT2D eigenvalue weighted by atomic mass is 10.2. The molecule has 0 aliphatic rings. The van der Waals surface area contributed by atoms with Crippen molar-refractivity contribution in [1.29, 1.82) is 0 Å². The summed E-state index contributed by atoms with van der Waals surface area (Å²) in [6, 6.07) is 6.87. The van der Waals surface area contributed by atoms with E-state index in [0.717, 1.165) is 29.4 Å². The van der Waals surface area contributed by atoms with Gasteiger partial charge in [0.25, 0.3) is 0 Å². The third-order valence-electron chi connectivity index (χ3n) is 3.79. The number of rotatable bonds is 12. The summed E-state index contributed by atoms with van der Waals surface area (Å²) in [4.78, 5) is 23.4.